The second kappa shape index (κ2) is 5.64. The second-order valence-electron chi connectivity index (χ2n) is 4.95. The van der Waals surface area contributed by atoms with Gasteiger partial charge in [0.15, 0.2) is 0 Å². The molecule has 0 saturated carbocycles. The summed E-state index contributed by atoms with van der Waals surface area (Å²) in [4.78, 5) is 12.0. The Hall–Kier alpha value is -0.610. The van der Waals surface area contributed by atoms with Gasteiger partial charge in [0.05, 0.1) is 6.61 Å². The third kappa shape index (κ3) is 2.95. The molecule has 2 N–H and O–H groups in total. The summed E-state index contributed by atoms with van der Waals surface area (Å²) in [5.74, 6) is 0.956. The van der Waals surface area contributed by atoms with Crippen molar-refractivity contribution in [3.05, 3.63) is 0 Å². The molecule has 2 heterocycles. The standard InChI is InChI=1S/C12H22N2O2/c1-9(11-4-7-16-8-11)14-12(15)10-2-5-13-6-3-10/h9-11,13H,2-8H2,1H3,(H,14,15). The van der Waals surface area contributed by atoms with Crippen LogP contribution in [0.25, 0.3) is 0 Å². The number of nitrogens with one attached hydrogen (secondary N) is 2. The van der Waals surface area contributed by atoms with Crippen molar-refractivity contribution in [1.29, 1.82) is 0 Å². The smallest absolute Gasteiger partial charge is 0.223 e. The molecule has 0 aromatic rings. The van der Waals surface area contributed by atoms with Gasteiger partial charge in [0.2, 0.25) is 5.91 Å². The fraction of sp³-hybridized carbons (Fsp3) is 0.917. The summed E-state index contributed by atoms with van der Waals surface area (Å²) in [5.41, 5.74) is 0. The fourth-order valence-corrected chi connectivity index (χ4v) is 2.49. The lowest BCUT2D eigenvalue weighted by Gasteiger charge is -2.25. The number of piperidine rings is 1. The largest absolute Gasteiger partial charge is 0.381 e. The van der Waals surface area contributed by atoms with Crippen LogP contribution in [0.2, 0.25) is 0 Å². The van der Waals surface area contributed by atoms with Gasteiger partial charge in [-0.1, -0.05) is 0 Å². The van der Waals surface area contributed by atoms with E-state index < -0.39 is 0 Å². The monoisotopic (exact) mass is 226 g/mol. The third-order valence-electron chi connectivity index (χ3n) is 3.75. The molecule has 2 aliphatic heterocycles. The summed E-state index contributed by atoms with van der Waals surface area (Å²) >= 11 is 0. The van der Waals surface area contributed by atoms with Crippen LogP contribution < -0.4 is 10.6 Å². The van der Waals surface area contributed by atoms with Gasteiger partial charge in [0.1, 0.15) is 0 Å². The van der Waals surface area contributed by atoms with E-state index in [1.807, 2.05) is 0 Å². The van der Waals surface area contributed by atoms with E-state index in [4.69, 9.17) is 4.74 Å². The first kappa shape index (κ1) is 11.9. The minimum Gasteiger partial charge on any atom is -0.381 e. The van der Waals surface area contributed by atoms with Crippen molar-refractivity contribution < 1.29 is 9.53 Å². The summed E-state index contributed by atoms with van der Waals surface area (Å²) in [7, 11) is 0. The highest BCUT2D eigenvalue weighted by molar-refractivity contribution is 5.79. The summed E-state index contributed by atoms with van der Waals surface area (Å²) < 4.78 is 5.34. The topological polar surface area (TPSA) is 50.4 Å². The van der Waals surface area contributed by atoms with Crippen molar-refractivity contribution in [2.75, 3.05) is 26.3 Å². The molecule has 16 heavy (non-hydrogen) atoms. The van der Waals surface area contributed by atoms with Gasteiger partial charge in [-0.05, 0) is 39.3 Å². The first-order valence-electron chi connectivity index (χ1n) is 6.36. The van der Waals surface area contributed by atoms with Crippen molar-refractivity contribution in [3.8, 4) is 0 Å². The zero-order chi connectivity index (χ0) is 11.4. The molecular weight excluding hydrogens is 204 g/mol. The van der Waals surface area contributed by atoms with E-state index in [9.17, 15) is 4.79 Å². The van der Waals surface area contributed by atoms with Gasteiger partial charge in [0.25, 0.3) is 0 Å². The minimum absolute atomic E-state index is 0.214. The lowest BCUT2D eigenvalue weighted by atomic mass is 9.95. The molecule has 2 unspecified atom stereocenters. The Morgan fingerprint density at radius 1 is 1.38 bits per heavy atom. The van der Waals surface area contributed by atoms with Crippen molar-refractivity contribution in [2.24, 2.45) is 11.8 Å². The molecule has 0 aliphatic carbocycles. The summed E-state index contributed by atoms with van der Waals surface area (Å²) in [6, 6.07) is 0.255. The van der Waals surface area contributed by atoms with Crippen molar-refractivity contribution in [1.82, 2.24) is 10.6 Å². The zero-order valence-corrected chi connectivity index (χ0v) is 10.00. The molecule has 2 aliphatic rings. The molecule has 0 bridgehead atoms. The van der Waals surface area contributed by atoms with Crippen LogP contribution in [0, 0.1) is 11.8 Å². The van der Waals surface area contributed by atoms with Gasteiger partial charge in [-0.3, -0.25) is 4.79 Å². The molecule has 1 amide bonds. The molecule has 2 saturated heterocycles. The third-order valence-corrected chi connectivity index (χ3v) is 3.75. The lowest BCUT2D eigenvalue weighted by molar-refractivity contribution is -0.126. The quantitative estimate of drug-likeness (QED) is 0.738. The lowest BCUT2D eigenvalue weighted by Crippen LogP contribution is -2.44. The molecule has 4 heteroatoms. The van der Waals surface area contributed by atoms with Gasteiger partial charge in [-0.15, -0.1) is 0 Å². The van der Waals surface area contributed by atoms with Crippen LogP contribution in [0.3, 0.4) is 0 Å². The first-order chi connectivity index (χ1) is 7.77. The number of carbonyl (C=O) groups excluding carboxylic acids is 1. The molecule has 4 nitrogen and oxygen atoms in total. The minimum atomic E-state index is 0.214. The van der Waals surface area contributed by atoms with Crippen molar-refractivity contribution in [2.45, 2.75) is 32.2 Å². The van der Waals surface area contributed by atoms with E-state index in [1.165, 1.54) is 0 Å². The Morgan fingerprint density at radius 2 is 2.12 bits per heavy atom. The van der Waals surface area contributed by atoms with E-state index in [2.05, 4.69) is 17.6 Å². The Morgan fingerprint density at radius 3 is 2.75 bits per heavy atom. The van der Waals surface area contributed by atoms with Crippen LogP contribution in [0.4, 0.5) is 0 Å². The molecule has 0 radical (unpaired) electrons. The highest BCUT2D eigenvalue weighted by Crippen LogP contribution is 2.18. The summed E-state index contributed by atoms with van der Waals surface area (Å²) in [5, 5.41) is 6.42. The molecule has 0 aromatic heterocycles. The zero-order valence-electron chi connectivity index (χ0n) is 10.00. The number of carbonyl (C=O) groups is 1. The number of amides is 1. The molecule has 2 fully saturated rings. The highest BCUT2D eigenvalue weighted by Gasteiger charge is 2.27. The number of hydrogen-bond acceptors (Lipinski definition) is 3. The van der Waals surface area contributed by atoms with Crippen molar-refractivity contribution >= 4 is 5.91 Å². The first-order valence-corrected chi connectivity index (χ1v) is 6.36. The van der Waals surface area contributed by atoms with Crippen LogP contribution >= 0.6 is 0 Å². The Bertz CT molecular complexity index is 233. The average molecular weight is 226 g/mol. The number of hydrogen-bond donors (Lipinski definition) is 2. The van der Waals surface area contributed by atoms with E-state index in [-0.39, 0.29) is 17.9 Å². The van der Waals surface area contributed by atoms with Crippen LogP contribution in [0.5, 0.6) is 0 Å². The van der Waals surface area contributed by atoms with E-state index in [0.29, 0.717) is 5.92 Å². The van der Waals surface area contributed by atoms with Crippen LogP contribution in [0.15, 0.2) is 0 Å². The van der Waals surface area contributed by atoms with E-state index in [1.54, 1.807) is 0 Å². The van der Waals surface area contributed by atoms with E-state index in [0.717, 1.165) is 45.6 Å². The molecular formula is C12H22N2O2. The maximum atomic E-state index is 12.0. The van der Waals surface area contributed by atoms with E-state index >= 15 is 0 Å². The predicted molar refractivity (Wildman–Crippen MR) is 62.1 cm³/mol. The van der Waals surface area contributed by atoms with Crippen LogP contribution in [-0.2, 0) is 9.53 Å². The van der Waals surface area contributed by atoms with Gasteiger partial charge < -0.3 is 15.4 Å². The second-order valence-corrected chi connectivity index (χ2v) is 4.95. The van der Waals surface area contributed by atoms with Gasteiger partial charge in [-0.2, -0.15) is 0 Å². The fourth-order valence-electron chi connectivity index (χ4n) is 2.49. The molecule has 92 valence electrons. The average Bonchev–Trinajstić information content (AvgIpc) is 2.83. The van der Waals surface area contributed by atoms with Crippen molar-refractivity contribution in [3.63, 3.8) is 0 Å². The molecule has 2 atom stereocenters. The summed E-state index contributed by atoms with van der Waals surface area (Å²) in [6.07, 6.45) is 3.02. The van der Waals surface area contributed by atoms with Gasteiger partial charge >= 0.3 is 0 Å². The number of rotatable bonds is 3. The van der Waals surface area contributed by atoms with Gasteiger partial charge in [0, 0.05) is 24.5 Å². The Kier molecular flexibility index (Phi) is 4.18. The Labute approximate surface area is 97.1 Å². The van der Waals surface area contributed by atoms with Gasteiger partial charge in [-0.25, -0.2) is 0 Å². The molecule has 0 spiro atoms. The van der Waals surface area contributed by atoms with Crippen LogP contribution in [0.1, 0.15) is 26.2 Å². The Balaban J connectivity index is 1.76. The predicted octanol–water partition coefficient (Wildman–Crippen LogP) is 0.527. The SMILES string of the molecule is CC(NC(=O)C1CCNCC1)C1CCOC1. The highest BCUT2D eigenvalue weighted by atomic mass is 16.5. The molecule has 2 rings (SSSR count). The normalized spacial score (nSPS) is 28.9. The maximum absolute atomic E-state index is 12.0. The summed E-state index contributed by atoms with van der Waals surface area (Å²) in [6.45, 7) is 5.68. The maximum Gasteiger partial charge on any atom is 0.223 e. The number of ether oxygens (including phenoxy) is 1. The molecule has 0 aromatic carbocycles. The van der Waals surface area contributed by atoms with Crippen LogP contribution in [-0.4, -0.2) is 38.3 Å².